The minimum atomic E-state index is -0.343. The molecular formula is C17H12FNO2S. The lowest BCUT2D eigenvalue weighted by Gasteiger charge is -2.07. The maximum Gasteiger partial charge on any atom is 0.203 e. The number of carbonyl (C=O) groups excluding carboxylic acids is 1. The number of ketones is 1. The van der Waals surface area contributed by atoms with Crippen LogP contribution in [-0.2, 0) is 0 Å². The zero-order valence-electron chi connectivity index (χ0n) is 12.0. The first-order valence-corrected chi connectivity index (χ1v) is 7.49. The van der Waals surface area contributed by atoms with E-state index in [0.29, 0.717) is 27.3 Å². The summed E-state index contributed by atoms with van der Waals surface area (Å²) in [5.74, 6) is -0.471. The molecule has 0 fully saturated rings. The third kappa shape index (κ3) is 2.44. The first-order chi connectivity index (χ1) is 10.5. The van der Waals surface area contributed by atoms with Crippen molar-refractivity contribution in [2.75, 3.05) is 0 Å². The van der Waals surface area contributed by atoms with Gasteiger partial charge in [-0.1, -0.05) is 6.07 Å². The summed E-state index contributed by atoms with van der Waals surface area (Å²) in [7, 11) is 0. The average Bonchev–Trinajstić information content (AvgIpc) is 2.88. The van der Waals surface area contributed by atoms with Gasteiger partial charge in [0.05, 0.1) is 4.88 Å². The van der Waals surface area contributed by atoms with Crippen molar-refractivity contribution >= 4 is 32.9 Å². The Morgan fingerprint density at radius 3 is 2.41 bits per heavy atom. The van der Waals surface area contributed by atoms with Crippen LogP contribution in [0.3, 0.4) is 0 Å². The van der Waals surface area contributed by atoms with Crippen molar-refractivity contribution in [1.82, 2.24) is 0 Å². The zero-order chi connectivity index (χ0) is 15.9. The molecule has 0 saturated carbocycles. The van der Waals surface area contributed by atoms with Crippen LogP contribution < -0.4 is 0 Å². The number of fused-ring (bicyclic) bond motifs is 1. The van der Waals surface area contributed by atoms with Crippen LogP contribution in [0.15, 0.2) is 41.6 Å². The summed E-state index contributed by atoms with van der Waals surface area (Å²) in [5, 5.41) is 3.79. The van der Waals surface area contributed by atoms with E-state index < -0.39 is 0 Å². The van der Waals surface area contributed by atoms with Crippen molar-refractivity contribution in [3.05, 3.63) is 68.7 Å². The van der Waals surface area contributed by atoms with Crippen LogP contribution in [0.2, 0.25) is 0 Å². The van der Waals surface area contributed by atoms with Crippen LogP contribution in [0.4, 0.5) is 10.1 Å². The molecule has 0 saturated heterocycles. The Bertz CT molecular complexity index is 891. The summed E-state index contributed by atoms with van der Waals surface area (Å²) in [5.41, 5.74) is 2.11. The first-order valence-electron chi connectivity index (χ1n) is 6.68. The lowest BCUT2D eigenvalue weighted by Crippen LogP contribution is -2.05. The van der Waals surface area contributed by atoms with Gasteiger partial charge in [-0.05, 0) is 65.9 Å². The number of benzene rings is 2. The van der Waals surface area contributed by atoms with Gasteiger partial charge in [0.2, 0.25) is 5.78 Å². The molecule has 3 nitrogen and oxygen atoms in total. The molecule has 0 bridgehead atoms. The van der Waals surface area contributed by atoms with Crippen LogP contribution in [0, 0.1) is 24.6 Å². The molecule has 3 aromatic rings. The molecule has 1 aromatic heterocycles. The van der Waals surface area contributed by atoms with Crippen molar-refractivity contribution < 1.29 is 9.18 Å². The highest BCUT2D eigenvalue weighted by molar-refractivity contribution is 7.21. The SMILES string of the molecule is Cc1cc(F)cc(C)c1C(=O)c1cc2ccc(N=O)cc2s1. The highest BCUT2D eigenvalue weighted by Crippen LogP contribution is 2.31. The highest BCUT2D eigenvalue weighted by Gasteiger charge is 2.18. The summed E-state index contributed by atoms with van der Waals surface area (Å²) in [6.45, 7) is 3.45. The lowest BCUT2D eigenvalue weighted by atomic mass is 9.98. The lowest BCUT2D eigenvalue weighted by molar-refractivity contribution is 0.104. The molecule has 5 heteroatoms. The average molecular weight is 313 g/mol. The molecule has 0 aliphatic rings. The van der Waals surface area contributed by atoms with Crippen LogP contribution in [0.25, 0.3) is 10.1 Å². The fourth-order valence-corrected chi connectivity index (χ4v) is 3.62. The van der Waals surface area contributed by atoms with Crippen molar-refractivity contribution in [3.8, 4) is 0 Å². The molecule has 0 N–H and O–H groups in total. The van der Waals surface area contributed by atoms with Crippen molar-refractivity contribution in [3.63, 3.8) is 0 Å². The molecule has 0 radical (unpaired) electrons. The summed E-state index contributed by atoms with van der Waals surface area (Å²) in [4.78, 5) is 23.9. The second-order valence-electron chi connectivity index (χ2n) is 5.17. The fraction of sp³-hybridized carbons (Fsp3) is 0.118. The molecule has 22 heavy (non-hydrogen) atoms. The van der Waals surface area contributed by atoms with Gasteiger partial charge in [0.15, 0.2) is 0 Å². The summed E-state index contributed by atoms with van der Waals surface area (Å²) in [6.07, 6.45) is 0. The predicted molar refractivity (Wildman–Crippen MR) is 86.6 cm³/mol. The molecule has 0 atom stereocenters. The first kappa shape index (κ1) is 14.5. The predicted octanol–water partition coefficient (Wildman–Crippen LogP) is 5.29. The zero-order valence-corrected chi connectivity index (χ0v) is 12.8. The van der Waals surface area contributed by atoms with E-state index in [2.05, 4.69) is 5.18 Å². The Kier molecular flexibility index (Phi) is 3.58. The molecule has 110 valence electrons. The maximum absolute atomic E-state index is 13.4. The summed E-state index contributed by atoms with van der Waals surface area (Å²) in [6, 6.07) is 9.56. The quantitative estimate of drug-likeness (QED) is 0.487. The van der Waals surface area contributed by atoms with Gasteiger partial charge in [0.1, 0.15) is 11.5 Å². The topological polar surface area (TPSA) is 46.5 Å². The second kappa shape index (κ2) is 5.42. The number of hydrogen-bond donors (Lipinski definition) is 0. The van der Waals surface area contributed by atoms with Crippen LogP contribution in [-0.4, -0.2) is 5.78 Å². The molecule has 2 aromatic carbocycles. The number of rotatable bonds is 3. The Labute approximate surface area is 130 Å². The van der Waals surface area contributed by atoms with Gasteiger partial charge in [-0.2, -0.15) is 0 Å². The van der Waals surface area contributed by atoms with Crippen LogP contribution >= 0.6 is 11.3 Å². The molecule has 1 heterocycles. The van der Waals surface area contributed by atoms with E-state index in [1.807, 2.05) is 0 Å². The molecule has 0 spiro atoms. The molecule has 0 aliphatic carbocycles. The van der Waals surface area contributed by atoms with Crippen LogP contribution in [0.5, 0.6) is 0 Å². The molecule has 0 unspecified atom stereocenters. The van der Waals surface area contributed by atoms with Gasteiger partial charge in [-0.15, -0.1) is 16.2 Å². The number of thiophene rings is 1. The molecule has 0 aliphatic heterocycles. The number of nitrogens with zero attached hydrogens (tertiary/aromatic N) is 1. The van der Waals surface area contributed by atoms with Gasteiger partial charge in [-0.25, -0.2) is 4.39 Å². The normalized spacial score (nSPS) is 10.9. The Hall–Kier alpha value is -2.40. The van der Waals surface area contributed by atoms with E-state index in [-0.39, 0.29) is 11.6 Å². The van der Waals surface area contributed by atoms with E-state index in [1.54, 1.807) is 38.1 Å². The van der Waals surface area contributed by atoms with E-state index in [9.17, 15) is 14.1 Å². The number of carbonyl (C=O) groups is 1. The van der Waals surface area contributed by atoms with E-state index >= 15 is 0 Å². The van der Waals surface area contributed by atoms with Gasteiger partial charge >= 0.3 is 0 Å². The monoisotopic (exact) mass is 313 g/mol. The standard InChI is InChI=1S/C17H12FNO2S/c1-9-5-12(18)6-10(2)16(9)17(20)15-7-11-3-4-13(19-21)8-14(11)22-15/h3-8H,1-2H3. The number of nitroso groups, excluding NO2 is 1. The third-order valence-corrected chi connectivity index (χ3v) is 4.65. The Morgan fingerprint density at radius 1 is 1.09 bits per heavy atom. The van der Waals surface area contributed by atoms with E-state index in [0.717, 1.165) is 10.1 Å². The number of halogens is 1. The Morgan fingerprint density at radius 2 is 1.77 bits per heavy atom. The molecule has 3 rings (SSSR count). The van der Waals surface area contributed by atoms with Gasteiger partial charge in [-0.3, -0.25) is 4.79 Å². The van der Waals surface area contributed by atoms with E-state index in [4.69, 9.17) is 0 Å². The van der Waals surface area contributed by atoms with Gasteiger partial charge in [0.25, 0.3) is 0 Å². The number of hydrogen-bond acceptors (Lipinski definition) is 4. The van der Waals surface area contributed by atoms with Crippen molar-refractivity contribution in [2.24, 2.45) is 5.18 Å². The van der Waals surface area contributed by atoms with Crippen molar-refractivity contribution in [1.29, 1.82) is 0 Å². The number of aryl methyl sites for hydroxylation is 2. The summed E-state index contributed by atoms with van der Waals surface area (Å²) >= 11 is 1.31. The van der Waals surface area contributed by atoms with E-state index in [1.165, 1.54) is 23.5 Å². The smallest absolute Gasteiger partial charge is 0.203 e. The second-order valence-corrected chi connectivity index (χ2v) is 6.25. The summed E-state index contributed by atoms with van der Waals surface area (Å²) < 4.78 is 14.2. The third-order valence-electron chi connectivity index (χ3n) is 3.56. The highest BCUT2D eigenvalue weighted by atomic mass is 32.1. The minimum Gasteiger partial charge on any atom is -0.288 e. The van der Waals surface area contributed by atoms with Crippen LogP contribution in [0.1, 0.15) is 26.4 Å². The largest absolute Gasteiger partial charge is 0.288 e. The maximum atomic E-state index is 13.4. The fourth-order valence-electron chi connectivity index (χ4n) is 2.58. The Balaban J connectivity index is 2.11. The molecular weight excluding hydrogens is 301 g/mol. The van der Waals surface area contributed by atoms with Gasteiger partial charge in [0, 0.05) is 10.3 Å². The van der Waals surface area contributed by atoms with Gasteiger partial charge < -0.3 is 0 Å². The minimum absolute atomic E-state index is 0.128. The van der Waals surface area contributed by atoms with Crippen molar-refractivity contribution in [2.45, 2.75) is 13.8 Å². The molecule has 0 amide bonds.